The summed E-state index contributed by atoms with van der Waals surface area (Å²) in [5.74, 6) is 1.22. The lowest BCUT2D eigenvalue weighted by Crippen LogP contribution is -2.32. The zero-order chi connectivity index (χ0) is 17.6. The molecule has 1 amide bonds. The highest BCUT2D eigenvalue weighted by Gasteiger charge is 2.18. The number of carbonyl (C=O) groups excluding carboxylic acids is 1. The van der Waals surface area contributed by atoms with Crippen LogP contribution in [0.4, 0.5) is 11.4 Å². The van der Waals surface area contributed by atoms with Crippen molar-refractivity contribution in [3.63, 3.8) is 0 Å². The summed E-state index contributed by atoms with van der Waals surface area (Å²) in [6, 6.07) is 7.63. The van der Waals surface area contributed by atoms with Gasteiger partial charge in [0.15, 0.2) is 11.5 Å². The number of benzene rings is 1. The van der Waals surface area contributed by atoms with Crippen molar-refractivity contribution < 1.29 is 14.3 Å². The van der Waals surface area contributed by atoms with Crippen LogP contribution in [0.1, 0.15) is 36.0 Å². The van der Waals surface area contributed by atoms with Gasteiger partial charge >= 0.3 is 0 Å². The third kappa shape index (κ3) is 4.21. The van der Waals surface area contributed by atoms with E-state index in [1.807, 2.05) is 18.2 Å². The van der Waals surface area contributed by atoms with E-state index in [-0.39, 0.29) is 11.9 Å². The van der Waals surface area contributed by atoms with Crippen LogP contribution in [0.2, 0.25) is 0 Å². The molecule has 6 heteroatoms. The molecule has 0 saturated heterocycles. The van der Waals surface area contributed by atoms with Gasteiger partial charge in [0, 0.05) is 24.0 Å². The predicted octanol–water partition coefficient (Wildman–Crippen LogP) is 3.51. The molecule has 2 aromatic rings. The van der Waals surface area contributed by atoms with Crippen LogP contribution >= 0.6 is 0 Å². The molecule has 1 saturated carbocycles. The van der Waals surface area contributed by atoms with Crippen molar-refractivity contribution in [3.05, 3.63) is 42.2 Å². The molecule has 6 nitrogen and oxygen atoms in total. The molecule has 0 aliphatic heterocycles. The second-order valence-corrected chi connectivity index (χ2v) is 6.11. The summed E-state index contributed by atoms with van der Waals surface area (Å²) in [5.41, 5.74) is 2.12. The largest absolute Gasteiger partial charge is 0.493 e. The van der Waals surface area contributed by atoms with Gasteiger partial charge in [-0.1, -0.05) is 12.8 Å². The molecule has 1 aliphatic carbocycles. The molecule has 1 aliphatic rings. The fraction of sp³-hybridized carbons (Fsp3) is 0.368. The lowest BCUT2D eigenvalue weighted by atomic mass is 10.2. The van der Waals surface area contributed by atoms with Crippen molar-refractivity contribution in [1.29, 1.82) is 0 Å². The molecule has 132 valence electrons. The lowest BCUT2D eigenvalue weighted by Gasteiger charge is -2.13. The second-order valence-electron chi connectivity index (χ2n) is 6.11. The van der Waals surface area contributed by atoms with Crippen LogP contribution in [0.3, 0.4) is 0 Å². The van der Waals surface area contributed by atoms with Crippen molar-refractivity contribution in [2.45, 2.75) is 31.7 Å². The monoisotopic (exact) mass is 341 g/mol. The third-order valence-electron chi connectivity index (χ3n) is 4.36. The number of carbonyl (C=O) groups is 1. The maximum absolute atomic E-state index is 12.4. The third-order valence-corrected chi connectivity index (χ3v) is 4.36. The first-order valence-electron chi connectivity index (χ1n) is 8.44. The van der Waals surface area contributed by atoms with Gasteiger partial charge < -0.3 is 20.1 Å². The number of aromatic nitrogens is 1. The molecule has 0 spiro atoms. The van der Waals surface area contributed by atoms with Crippen molar-refractivity contribution in [3.8, 4) is 11.5 Å². The minimum absolute atomic E-state index is 0.0737. The van der Waals surface area contributed by atoms with Crippen LogP contribution in [0.15, 0.2) is 36.7 Å². The Bertz CT molecular complexity index is 742. The number of amides is 1. The Morgan fingerprint density at radius 1 is 1.04 bits per heavy atom. The van der Waals surface area contributed by atoms with E-state index in [4.69, 9.17) is 9.47 Å². The molecular weight excluding hydrogens is 318 g/mol. The van der Waals surface area contributed by atoms with Crippen LogP contribution in [0.25, 0.3) is 0 Å². The minimum atomic E-state index is -0.0737. The van der Waals surface area contributed by atoms with Crippen LogP contribution in [0, 0.1) is 0 Å². The van der Waals surface area contributed by atoms with Gasteiger partial charge in [0.1, 0.15) is 0 Å². The Kier molecular flexibility index (Phi) is 5.38. The van der Waals surface area contributed by atoms with Gasteiger partial charge in [-0.3, -0.25) is 9.78 Å². The van der Waals surface area contributed by atoms with Crippen LogP contribution in [0.5, 0.6) is 11.5 Å². The van der Waals surface area contributed by atoms with Gasteiger partial charge in [-0.2, -0.15) is 0 Å². The van der Waals surface area contributed by atoms with Crippen molar-refractivity contribution in [2.75, 3.05) is 19.5 Å². The van der Waals surface area contributed by atoms with Crippen molar-refractivity contribution in [2.24, 2.45) is 0 Å². The van der Waals surface area contributed by atoms with E-state index < -0.39 is 0 Å². The maximum atomic E-state index is 12.4. The first-order valence-corrected chi connectivity index (χ1v) is 8.44. The van der Waals surface area contributed by atoms with Gasteiger partial charge in [-0.15, -0.1) is 0 Å². The van der Waals surface area contributed by atoms with E-state index in [1.54, 1.807) is 32.7 Å². The number of hydrogen-bond donors (Lipinski definition) is 2. The fourth-order valence-corrected chi connectivity index (χ4v) is 3.05. The van der Waals surface area contributed by atoms with Crippen LogP contribution in [-0.4, -0.2) is 31.2 Å². The average molecular weight is 341 g/mol. The van der Waals surface area contributed by atoms with E-state index in [1.165, 1.54) is 12.8 Å². The van der Waals surface area contributed by atoms with E-state index >= 15 is 0 Å². The van der Waals surface area contributed by atoms with Gasteiger partial charge in [0.25, 0.3) is 5.91 Å². The molecule has 0 unspecified atom stereocenters. The molecule has 1 heterocycles. The highest BCUT2D eigenvalue weighted by Crippen LogP contribution is 2.31. The van der Waals surface area contributed by atoms with Crippen LogP contribution in [-0.2, 0) is 0 Å². The SMILES string of the molecule is COc1ccc(Nc2cncc(C(=O)NC3CCCC3)c2)cc1OC. The molecule has 1 aromatic carbocycles. The van der Waals surface area contributed by atoms with Crippen molar-refractivity contribution >= 4 is 17.3 Å². The number of hydrogen-bond acceptors (Lipinski definition) is 5. The number of ether oxygens (including phenoxy) is 2. The highest BCUT2D eigenvalue weighted by molar-refractivity contribution is 5.95. The molecule has 0 atom stereocenters. The Morgan fingerprint density at radius 2 is 1.80 bits per heavy atom. The quantitative estimate of drug-likeness (QED) is 0.841. The Morgan fingerprint density at radius 3 is 2.52 bits per heavy atom. The molecule has 2 N–H and O–H groups in total. The van der Waals surface area contributed by atoms with E-state index in [0.29, 0.717) is 17.1 Å². The average Bonchev–Trinajstić information content (AvgIpc) is 3.14. The Balaban J connectivity index is 1.72. The number of anilines is 2. The van der Waals surface area contributed by atoms with E-state index in [0.717, 1.165) is 24.2 Å². The highest BCUT2D eigenvalue weighted by atomic mass is 16.5. The lowest BCUT2D eigenvalue weighted by molar-refractivity contribution is 0.0937. The fourth-order valence-electron chi connectivity index (χ4n) is 3.05. The standard InChI is InChI=1S/C19H23N3O3/c1-24-17-8-7-15(10-18(17)25-2)21-16-9-13(11-20-12-16)19(23)22-14-5-3-4-6-14/h7-12,14,21H,3-6H2,1-2H3,(H,22,23). The molecule has 25 heavy (non-hydrogen) atoms. The number of nitrogens with one attached hydrogen (secondary N) is 2. The van der Waals surface area contributed by atoms with Gasteiger partial charge in [-0.05, 0) is 31.0 Å². The smallest absolute Gasteiger partial charge is 0.253 e. The van der Waals surface area contributed by atoms with E-state index in [2.05, 4.69) is 15.6 Å². The molecule has 0 radical (unpaired) electrons. The summed E-state index contributed by atoms with van der Waals surface area (Å²) in [5, 5.41) is 6.32. The summed E-state index contributed by atoms with van der Waals surface area (Å²) in [7, 11) is 3.19. The van der Waals surface area contributed by atoms with Crippen molar-refractivity contribution in [1.82, 2.24) is 10.3 Å². The first-order chi connectivity index (χ1) is 12.2. The number of rotatable bonds is 6. The van der Waals surface area contributed by atoms with Crippen LogP contribution < -0.4 is 20.1 Å². The summed E-state index contributed by atoms with van der Waals surface area (Å²) < 4.78 is 10.5. The summed E-state index contributed by atoms with van der Waals surface area (Å²) in [6.07, 6.45) is 7.76. The predicted molar refractivity (Wildman–Crippen MR) is 96.8 cm³/mol. The number of nitrogens with zero attached hydrogens (tertiary/aromatic N) is 1. The molecule has 1 aromatic heterocycles. The molecule has 0 bridgehead atoms. The van der Waals surface area contributed by atoms with Gasteiger partial charge in [-0.25, -0.2) is 0 Å². The van der Waals surface area contributed by atoms with Gasteiger partial charge in [0.05, 0.1) is 31.7 Å². The first kappa shape index (κ1) is 17.1. The van der Waals surface area contributed by atoms with E-state index in [9.17, 15) is 4.79 Å². The topological polar surface area (TPSA) is 72.5 Å². The summed E-state index contributed by atoms with van der Waals surface area (Å²) in [4.78, 5) is 16.5. The number of pyridine rings is 1. The molecular formula is C19H23N3O3. The summed E-state index contributed by atoms with van der Waals surface area (Å²) in [6.45, 7) is 0. The zero-order valence-corrected chi connectivity index (χ0v) is 14.5. The summed E-state index contributed by atoms with van der Waals surface area (Å²) >= 11 is 0. The zero-order valence-electron chi connectivity index (χ0n) is 14.5. The Hall–Kier alpha value is -2.76. The molecule has 1 fully saturated rings. The normalized spacial score (nSPS) is 14.2. The maximum Gasteiger partial charge on any atom is 0.253 e. The van der Waals surface area contributed by atoms with Gasteiger partial charge in [0.2, 0.25) is 0 Å². The minimum Gasteiger partial charge on any atom is -0.493 e. The Labute approximate surface area is 147 Å². The molecule has 3 rings (SSSR count). The second kappa shape index (κ2) is 7.88. The number of methoxy groups -OCH3 is 2.